The van der Waals surface area contributed by atoms with Crippen LogP contribution in [0.5, 0.6) is 0 Å². The molecule has 2 fully saturated rings. The summed E-state index contributed by atoms with van der Waals surface area (Å²) in [5.74, 6) is 0.529. The molecule has 2 aliphatic rings. The van der Waals surface area contributed by atoms with Gasteiger partial charge < -0.3 is 10.3 Å². The molecule has 1 heterocycles. The second kappa shape index (κ2) is 7.27. The summed E-state index contributed by atoms with van der Waals surface area (Å²) in [5.41, 5.74) is -3.88. The molecule has 5 nitrogen and oxygen atoms in total. The van der Waals surface area contributed by atoms with Crippen LogP contribution in [0.15, 0.2) is 40.0 Å². The van der Waals surface area contributed by atoms with Crippen LogP contribution in [0.2, 0.25) is 0 Å². The van der Waals surface area contributed by atoms with Crippen molar-refractivity contribution in [2.45, 2.75) is 48.0 Å². The summed E-state index contributed by atoms with van der Waals surface area (Å²) in [5, 5.41) is 2.91. The van der Waals surface area contributed by atoms with Gasteiger partial charge in [-0.2, -0.15) is 13.2 Å². The smallest absolute Gasteiger partial charge is 0.344 e. The average molecular weight is 409 g/mol. The average Bonchev–Trinajstić information content (AvgIpc) is 3.52. The lowest BCUT2D eigenvalue weighted by molar-refractivity contribution is -0.0328. The molecular weight excluding hydrogens is 391 g/mol. The van der Waals surface area contributed by atoms with E-state index in [-0.39, 0.29) is 45.8 Å². The lowest BCUT2D eigenvalue weighted by atomic mass is 10.0. The number of halogens is 3. The first-order valence-corrected chi connectivity index (χ1v) is 9.88. The standard InChI is InChI=1S/C19H18F3N3O2S/c20-19(21,22)28-13-7-5-11(6-8-13)16(10-1-2-10)25-18(27)14-9-15(26)24-17(23-14)12-3-4-12/h5-10,12,16H,1-4H2,(H,25,27)(H,23,24,26)/t16-/m1/s1. The van der Waals surface area contributed by atoms with Gasteiger partial charge in [0.1, 0.15) is 11.5 Å². The summed E-state index contributed by atoms with van der Waals surface area (Å²) < 4.78 is 37.5. The Balaban J connectivity index is 1.51. The first-order chi connectivity index (χ1) is 13.3. The molecule has 1 aromatic heterocycles. The van der Waals surface area contributed by atoms with E-state index in [1.54, 1.807) is 12.1 Å². The number of nitrogens with zero attached hydrogens (tertiary/aromatic N) is 1. The summed E-state index contributed by atoms with van der Waals surface area (Å²) in [6, 6.07) is 6.89. The van der Waals surface area contributed by atoms with Gasteiger partial charge in [-0.1, -0.05) is 12.1 Å². The number of aromatic nitrogens is 2. The van der Waals surface area contributed by atoms with Gasteiger partial charge in [-0.25, -0.2) is 4.98 Å². The van der Waals surface area contributed by atoms with E-state index in [4.69, 9.17) is 0 Å². The number of hydrogen-bond acceptors (Lipinski definition) is 4. The van der Waals surface area contributed by atoms with Crippen LogP contribution in [-0.4, -0.2) is 21.4 Å². The quantitative estimate of drug-likeness (QED) is 0.704. The number of H-pyrrole nitrogens is 1. The molecule has 0 radical (unpaired) electrons. The van der Waals surface area contributed by atoms with Crippen LogP contribution in [0.4, 0.5) is 13.2 Å². The molecule has 0 bridgehead atoms. The second-order valence-corrected chi connectivity index (χ2v) is 8.33. The highest BCUT2D eigenvalue weighted by Crippen LogP contribution is 2.42. The maximum atomic E-state index is 12.7. The number of benzene rings is 1. The third-order valence-electron chi connectivity index (χ3n) is 4.81. The Morgan fingerprint density at radius 1 is 1.18 bits per heavy atom. The van der Waals surface area contributed by atoms with E-state index in [1.165, 1.54) is 18.2 Å². The van der Waals surface area contributed by atoms with Crippen LogP contribution in [-0.2, 0) is 0 Å². The fraction of sp³-hybridized carbons (Fsp3) is 0.421. The maximum Gasteiger partial charge on any atom is 0.446 e. The number of rotatable bonds is 6. The molecule has 148 valence electrons. The molecular formula is C19H18F3N3O2S. The Morgan fingerprint density at radius 3 is 2.43 bits per heavy atom. The SMILES string of the molecule is O=C(N[C@@H](c1ccc(SC(F)(F)F)cc1)C1CC1)c1cc(=O)[nH]c(C2CC2)n1. The number of thioether (sulfide) groups is 1. The van der Waals surface area contributed by atoms with Gasteiger partial charge >= 0.3 is 5.51 Å². The number of carbonyl (C=O) groups is 1. The van der Waals surface area contributed by atoms with Gasteiger partial charge in [-0.15, -0.1) is 0 Å². The summed E-state index contributed by atoms with van der Waals surface area (Å²) in [7, 11) is 0. The van der Waals surface area contributed by atoms with Gasteiger partial charge in [-0.05, 0) is 61.1 Å². The fourth-order valence-corrected chi connectivity index (χ4v) is 3.68. The van der Waals surface area contributed by atoms with E-state index >= 15 is 0 Å². The second-order valence-electron chi connectivity index (χ2n) is 7.20. The van der Waals surface area contributed by atoms with E-state index in [1.807, 2.05) is 0 Å². The predicted octanol–water partition coefficient (Wildman–Crippen LogP) is 4.14. The highest BCUT2D eigenvalue weighted by molar-refractivity contribution is 8.00. The summed E-state index contributed by atoms with van der Waals surface area (Å²) >= 11 is -0.168. The highest BCUT2D eigenvalue weighted by atomic mass is 32.2. The maximum absolute atomic E-state index is 12.7. The number of nitrogens with one attached hydrogen (secondary N) is 2. The number of hydrogen-bond donors (Lipinski definition) is 2. The van der Waals surface area contributed by atoms with Crippen molar-refractivity contribution in [1.82, 2.24) is 15.3 Å². The lowest BCUT2D eigenvalue weighted by Crippen LogP contribution is -2.32. The molecule has 0 saturated heterocycles. The summed E-state index contributed by atoms with van der Waals surface area (Å²) in [4.78, 5) is 31.6. The van der Waals surface area contributed by atoms with E-state index in [9.17, 15) is 22.8 Å². The molecule has 0 spiro atoms. The number of carbonyl (C=O) groups excluding carboxylic acids is 1. The van der Waals surface area contributed by atoms with Crippen LogP contribution in [0.3, 0.4) is 0 Å². The molecule has 0 aliphatic heterocycles. The molecule has 2 aromatic rings. The van der Waals surface area contributed by atoms with Crippen molar-refractivity contribution in [3.8, 4) is 0 Å². The van der Waals surface area contributed by atoms with Crippen molar-refractivity contribution >= 4 is 17.7 Å². The van der Waals surface area contributed by atoms with Crippen LogP contribution < -0.4 is 10.9 Å². The van der Waals surface area contributed by atoms with Crippen molar-refractivity contribution in [3.05, 3.63) is 57.8 Å². The van der Waals surface area contributed by atoms with Crippen molar-refractivity contribution in [2.75, 3.05) is 0 Å². The number of alkyl halides is 3. The molecule has 1 atom stereocenters. The van der Waals surface area contributed by atoms with Crippen LogP contribution in [0.25, 0.3) is 0 Å². The first kappa shape index (κ1) is 19.0. The topological polar surface area (TPSA) is 74.8 Å². The van der Waals surface area contributed by atoms with Crippen molar-refractivity contribution in [2.24, 2.45) is 5.92 Å². The third kappa shape index (κ3) is 4.76. The Bertz CT molecular complexity index is 935. The molecule has 1 amide bonds. The Kier molecular flexibility index (Phi) is 4.95. The molecule has 2 aliphatic carbocycles. The minimum absolute atomic E-state index is 0.0700. The van der Waals surface area contributed by atoms with E-state index in [0.29, 0.717) is 5.82 Å². The monoisotopic (exact) mass is 409 g/mol. The lowest BCUT2D eigenvalue weighted by Gasteiger charge is -2.19. The van der Waals surface area contributed by atoms with Crippen LogP contribution in [0, 0.1) is 5.92 Å². The van der Waals surface area contributed by atoms with E-state index in [2.05, 4.69) is 15.3 Å². The third-order valence-corrected chi connectivity index (χ3v) is 5.55. The van der Waals surface area contributed by atoms with E-state index in [0.717, 1.165) is 31.2 Å². The molecule has 0 unspecified atom stereocenters. The van der Waals surface area contributed by atoms with Crippen molar-refractivity contribution in [3.63, 3.8) is 0 Å². The zero-order chi connectivity index (χ0) is 19.9. The van der Waals surface area contributed by atoms with Gasteiger partial charge in [0.15, 0.2) is 0 Å². The van der Waals surface area contributed by atoms with Gasteiger partial charge in [0, 0.05) is 16.9 Å². The Labute approximate surface area is 163 Å². The molecule has 2 saturated carbocycles. The zero-order valence-electron chi connectivity index (χ0n) is 14.8. The zero-order valence-corrected chi connectivity index (χ0v) is 15.6. The van der Waals surface area contributed by atoms with Crippen LogP contribution in [0.1, 0.15) is 59.5 Å². The Morgan fingerprint density at radius 2 is 1.86 bits per heavy atom. The molecule has 2 N–H and O–H groups in total. The normalized spacial score (nSPS) is 18.0. The van der Waals surface area contributed by atoms with Gasteiger partial charge in [-0.3, -0.25) is 9.59 Å². The van der Waals surface area contributed by atoms with Gasteiger partial charge in [0.25, 0.3) is 11.5 Å². The van der Waals surface area contributed by atoms with Crippen molar-refractivity contribution < 1.29 is 18.0 Å². The fourth-order valence-electron chi connectivity index (χ4n) is 3.14. The molecule has 9 heteroatoms. The first-order valence-electron chi connectivity index (χ1n) is 9.06. The highest BCUT2D eigenvalue weighted by Gasteiger charge is 2.35. The Hall–Kier alpha value is -2.29. The summed E-state index contributed by atoms with van der Waals surface area (Å²) in [6.45, 7) is 0. The van der Waals surface area contributed by atoms with Crippen molar-refractivity contribution in [1.29, 1.82) is 0 Å². The predicted molar refractivity (Wildman–Crippen MR) is 98.1 cm³/mol. The van der Waals surface area contributed by atoms with Crippen LogP contribution >= 0.6 is 11.8 Å². The van der Waals surface area contributed by atoms with Gasteiger partial charge in [0.05, 0.1) is 6.04 Å². The number of aromatic amines is 1. The number of amides is 1. The molecule has 1 aromatic carbocycles. The largest absolute Gasteiger partial charge is 0.446 e. The molecule has 4 rings (SSSR count). The molecule has 28 heavy (non-hydrogen) atoms. The summed E-state index contributed by atoms with van der Waals surface area (Å²) in [6.07, 6.45) is 3.75. The minimum atomic E-state index is -4.34. The van der Waals surface area contributed by atoms with Gasteiger partial charge in [0.2, 0.25) is 0 Å². The minimum Gasteiger partial charge on any atom is -0.344 e. The van der Waals surface area contributed by atoms with E-state index < -0.39 is 11.4 Å².